The minimum Gasteiger partial charge on any atom is -0.496 e. The van der Waals surface area contributed by atoms with Crippen LogP contribution < -0.4 is 21.5 Å². The Morgan fingerprint density at radius 3 is 2.88 bits per heavy atom. The van der Waals surface area contributed by atoms with E-state index in [0.717, 1.165) is 22.3 Å². The number of nitrogens with two attached hydrogens (primary N) is 2. The van der Waals surface area contributed by atoms with Gasteiger partial charge in [-0.3, -0.25) is 0 Å². The maximum Gasteiger partial charge on any atom is 0.123 e. The summed E-state index contributed by atoms with van der Waals surface area (Å²) in [5.74, 6) is 0.872. The molecule has 5 N–H and O–H groups in total. The second-order valence-corrected chi connectivity index (χ2v) is 4.50. The van der Waals surface area contributed by atoms with Crippen molar-refractivity contribution in [1.29, 1.82) is 0 Å². The third-order valence-electron chi connectivity index (χ3n) is 2.27. The van der Waals surface area contributed by atoms with Crippen LogP contribution in [-0.4, -0.2) is 26.2 Å². The highest BCUT2D eigenvalue weighted by Crippen LogP contribution is 2.22. The van der Waals surface area contributed by atoms with Crippen molar-refractivity contribution >= 4 is 15.9 Å². The third-order valence-corrected chi connectivity index (χ3v) is 2.76. The van der Waals surface area contributed by atoms with E-state index < -0.39 is 0 Å². The summed E-state index contributed by atoms with van der Waals surface area (Å²) < 4.78 is 6.30. The van der Waals surface area contributed by atoms with Gasteiger partial charge in [0.05, 0.1) is 7.11 Å². The van der Waals surface area contributed by atoms with Gasteiger partial charge in [0.1, 0.15) is 5.75 Å². The average Bonchev–Trinajstić information content (AvgIpc) is 2.29. The molecule has 1 unspecified atom stereocenters. The van der Waals surface area contributed by atoms with E-state index >= 15 is 0 Å². The van der Waals surface area contributed by atoms with Gasteiger partial charge in [-0.1, -0.05) is 15.9 Å². The summed E-state index contributed by atoms with van der Waals surface area (Å²) in [4.78, 5) is 0. The Bertz CT molecular complexity index is 333. The zero-order valence-electron chi connectivity index (χ0n) is 9.37. The lowest BCUT2D eigenvalue weighted by Gasteiger charge is -2.12. The summed E-state index contributed by atoms with van der Waals surface area (Å²) in [6.07, 6.45) is 0. The van der Waals surface area contributed by atoms with Crippen molar-refractivity contribution in [3.8, 4) is 5.75 Å². The predicted molar refractivity (Wildman–Crippen MR) is 69.4 cm³/mol. The Kier molecular flexibility index (Phi) is 5.76. The molecule has 0 bridgehead atoms. The molecule has 0 aromatic heterocycles. The summed E-state index contributed by atoms with van der Waals surface area (Å²) in [5, 5.41) is 3.25. The quantitative estimate of drug-likeness (QED) is 0.725. The van der Waals surface area contributed by atoms with Crippen LogP contribution in [0.4, 0.5) is 0 Å². The van der Waals surface area contributed by atoms with Crippen LogP contribution in [0.15, 0.2) is 22.7 Å². The van der Waals surface area contributed by atoms with Gasteiger partial charge in [0.2, 0.25) is 0 Å². The molecule has 0 saturated heterocycles. The van der Waals surface area contributed by atoms with Gasteiger partial charge < -0.3 is 21.5 Å². The van der Waals surface area contributed by atoms with Crippen LogP contribution in [0.3, 0.4) is 0 Å². The highest BCUT2D eigenvalue weighted by atomic mass is 79.9. The maximum atomic E-state index is 5.71. The normalized spacial score (nSPS) is 12.5. The van der Waals surface area contributed by atoms with Gasteiger partial charge in [-0.25, -0.2) is 0 Å². The molecule has 0 heterocycles. The SMILES string of the molecule is COc1ccc(Br)cc1CNCC(N)CN. The largest absolute Gasteiger partial charge is 0.496 e. The number of halogens is 1. The Balaban J connectivity index is 2.55. The first kappa shape index (κ1) is 13.4. The molecule has 0 aliphatic rings. The van der Waals surface area contributed by atoms with E-state index in [4.69, 9.17) is 16.2 Å². The molecule has 1 atom stereocenters. The molecule has 0 fully saturated rings. The Hall–Kier alpha value is -0.620. The number of benzene rings is 1. The van der Waals surface area contributed by atoms with Crippen LogP contribution >= 0.6 is 15.9 Å². The minimum atomic E-state index is -0.00171. The molecule has 0 aliphatic heterocycles. The van der Waals surface area contributed by atoms with Crippen molar-refractivity contribution < 1.29 is 4.74 Å². The third kappa shape index (κ3) is 4.09. The van der Waals surface area contributed by atoms with Crippen molar-refractivity contribution in [3.05, 3.63) is 28.2 Å². The molecule has 5 heteroatoms. The first-order valence-electron chi connectivity index (χ1n) is 5.16. The first-order valence-corrected chi connectivity index (χ1v) is 5.95. The molecule has 16 heavy (non-hydrogen) atoms. The minimum absolute atomic E-state index is 0.00171. The van der Waals surface area contributed by atoms with E-state index in [1.807, 2.05) is 18.2 Å². The number of hydrogen-bond acceptors (Lipinski definition) is 4. The lowest BCUT2D eigenvalue weighted by Crippen LogP contribution is -2.39. The summed E-state index contributed by atoms with van der Waals surface area (Å²) in [6, 6.07) is 5.91. The van der Waals surface area contributed by atoms with Crippen LogP contribution in [0.5, 0.6) is 5.75 Å². The van der Waals surface area contributed by atoms with Crippen molar-refractivity contribution in [2.45, 2.75) is 12.6 Å². The van der Waals surface area contributed by atoms with Crippen molar-refractivity contribution in [3.63, 3.8) is 0 Å². The highest BCUT2D eigenvalue weighted by Gasteiger charge is 2.04. The standard InChI is InChI=1S/C11H18BrN3O/c1-16-11-3-2-9(12)4-8(11)6-15-7-10(14)5-13/h2-4,10,15H,5-7,13-14H2,1H3. The second kappa shape index (κ2) is 6.85. The molecule has 1 rings (SSSR count). The Morgan fingerprint density at radius 2 is 2.25 bits per heavy atom. The molecule has 1 aromatic rings. The van der Waals surface area contributed by atoms with Gasteiger partial charge in [-0.2, -0.15) is 0 Å². The fourth-order valence-electron chi connectivity index (χ4n) is 1.36. The van der Waals surface area contributed by atoms with Gasteiger partial charge in [0.25, 0.3) is 0 Å². The van der Waals surface area contributed by atoms with E-state index in [9.17, 15) is 0 Å². The number of methoxy groups -OCH3 is 1. The fourth-order valence-corrected chi connectivity index (χ4v) is 1.77. The van der Waals surface area contributed by atoms with E-state index in [2.05, 4.69) is 21.2 Å². The van der Waals surface area contributed by atoms with Crippen molar-refractivity contribution in [1.82, 2.24) is 5.32 Å². The van der Waals surface area contributed by atoms with Crippen LogP contribution in [0.25, 0.3) is 0 Å². The molecular weight excluding hydrogens is 270 g/mol. The van der Waals surface area contributed by atoms with E-state index in [1.165, 1.54) is 0 Å². The van der Waals surface area contributed by atoms with Crippen molar-refractivity contribution in [2.75, 3.05) is 20.2 Å². The van der Waals surface area contributed by atoms with Crippen LogP contribution in [0.2, 0.25) is 0 Å². The molecule has 1 aromatic carbocycles. The average molecular weight is 288 g/mol. The predicted octanol–water partition coefficient (Wildman–Crippen LogP) is 0.833. The Labute approximate surface area is 104 Å². The summed E-state index contributed by atoms with van der Waals surface area (Å²) in [6.45, 7) is 1.91. The molecule has 0 aliphatic carbocycles. The lowest BCUT2D eigenvalue weighted by molar-refractivity contribution is 0.407. The first-order chi connectivity index (χ1) is 7.67. The van der Waals surface area contributed by atoms with E-state index in [-0.39, 0.29) is 6.04 Å². The molecule has 4 nitrogen and oxygen atoms in total. The fraction of sp³-hybridized carbons (Fsp3) is 0.455. The monoisotopic (exact) mass is 287 g/mol. The Morgan fingerprint density at radius 1 is 1.50 bits per heavy atom. The van der Waals surface area contributed by atoms with E-state index in [1.54, 1.807) is 7.11 Å². The van der Waals surface area contributed by atoms with Gasteiger partial charge in [0.15, 0.2) is 0 Å². The maximum absolute atomic E-state index is 5.71. The summed E-state index contributed by atoms with van der Waals surface area (Å²) >= 11 is 3.43. The van der Waals surface area contributed by atoms with Gasteiger partial charge in [-0.15, -0.1) is 0 Å². The zero-order chi connectivity index (χ0) is 12.0. The summed E-state index contributed by atoms with van der Waals surface area (Å²) in [5.41, 5.74) is 12.2. The van der Waals surface area contributed by atoms with Crippen LogP contribution in [-0.2, 0) is 6.54 Å². The van der Waals surface area contributed by atoms with Gasteiger partial charge in [-0.05, 0) is 18.2 Å². The van der Waals surface area contributed by atoms with E-state index in [0.29, 0.717) is 13.1 Å². The molecule has 90 valence electrons. The highest BCUT2D eigenvalue weighted by molar-refractivity contribution is 9.10. The topological polar surface area (TPSA) is 73.3 Å². The smallest absolute Gasteiger partial charge is 0.123 e. The second-order valence-electron chi connectivity index (χ2n) is 3.58. The van der Waals surface area contributed by atoms with Crippen LogP contribution in [0.1, 0.15) is 5.56 Å². The van der Waals surface area contributed by atoms with Crippen LogP contribution in [0, 0.1) is 0 Å². The number of nitrogens with one attached hydrogen (secondary N) is 1. The summed E-state index contributed by atoms with van der Waals surface area (Å²) in [7, 11) is 1.67. The van der Waals surface area contributed by atoms with Gasteiger partial charge in [0, 0.05) is 35.7 Å². The number of ether oxygens (including phenoxy) is 1. The van der Waals surface area contributed by atoms with Crippen molar-refractivity contribution in [2.24, 2.45) is 11.5 Å². The molecular formula is C11H18BrN3O. The zero-order valence-corrected chi connectivity index (χ0v) is 11.0. The van der Waals surface area contributed by atoms with Gasteiger partial charge >= 0.3 is 0 Å². The lowest BCUT2D eigenvalue weighted by atomic mass is 10.2. The molecule has 0 radical (unpaired) electrons. The molecule has 0 amide bonds. The number of rotatable bonds is 6. The number of hydrogen-bond donors (Lipinski definition) is 3. The molecule has 0 saturated carbocycles. The molecule has 0 spiro atoms.